The van der Waals surface area contributed by atoms with E-state index >= 15 is 0 Å². The SMILES string of the molecule is CNCCC[C@@H]1NC(=O)[C@@H](NC)Cc2cc(ccc2OCc2ccccc2)-c2ccc(OCc3ccccc3)c(c2)C[C@@H](C(=O)OCc2ccccc2)N(C)C1=O. The molecule has 0 radical (unpaired) electrons. The maximum absolute atomic E-state index is 14.6. The highest BCUT2D eigenvalue weighted by Crippen LogP contribution is 2.33. The van der Waals surface area contributed by atoms with Gasteiger partial charge in [-0.05, 0) is 96.7 Å². The maximum atomic E-state index is 14.6. The first-order valence-corrected chi connectivity index (χ1v) is 19.5. The second kappa shape index (κ2) is 20.3. The van der Waals surface area contributed by atoms with Gasteiger partial charge < -0.3 is 35.1 Å². The van der Waals surface area contributed by atoms with Gasteiger partial charge in [-0.2, -0.15) is 0 Å². The van der Waals surface area contributed by atoms with Crippen LogP contribution in [0.1, 0.15) is 40.7 Å². The van der Waals surface area contributed by atoms with Gasteiger partial charge in [0.1, 0.15) is 43.4 Å². The van der Waals surface area contributed by atoms with Gasteiger partial charge in [-0.1, -0.05) is 103 Å². The van der Waals surface area contributed by atoms with Gasteiger partial charge in [-0.3, -0.25) is 9.59 Å². The van der Waals surface area contributed by atoms with Crippen LogP contribution in [0.25, 0.3) is 11.1 Å². The second-order valence-electron chi connectivity index (χ2n) is 14.3. The van der Waals surface area contributed by atoms with E-state index in [1.54, 1.807) is 14.1 Å². The Morgan fingerprint density at radius 2 is 1.21 bits per heavy atom. The number of carbonyl (C=O) groups excluding carboxylic acids is 3. The molecule has 0 unspecified atom stereocenters. The summed E-state index contributed by atoms with van der Waals surface area (Å²) in [4.78, 5) is 44.3. The Kier molecular flexibility index (Phi) is 14.5. The Labute approximate surface area is 335 Å². The molecule has 0 fully saturated rings. The Bertz CT molecular complexity index is 2080. The monoisotopic (exact) mass is 768 g/mol. The number of amides is 2. The summed E-state index contributed by atoms with van der Waals surface area (Å²) >= 11 is 0. The van der Waals surface area contributed by atoms with Crippen molar-refractivity contribution in [2.45, 2.75) is 63.6 Å². The lowest BCUT2D eigenvalue weighted by Gasteiger charge is -2.31. The first-order valence-electron chi connectivity index (χ1n) is 19.5. The lowest BCUT2D eigenvalue weighted by Crippen LogP contribution is -2.56. The van der Waals surface area contributed by atoms with Gasteiger partial charge in [0.15, 0.2) is 0 Å². The first kappa shape index (κ1) is 40.7. The number of nitrogens with one attached hydrogen (secondary N) is 3. The first-order chi connectivity index (χ1) is 27.8. The molecule has 1 heterocycles. The van der Waals surface area contributed by atoms with Gasteiger partial charge in [0.2, 0.25) is 11.8 Å². The number of carbonyl (C=O) groups is 3. The van der Waals surface area contributed by atoms with Crippen LogP contribution in [0.4, 0.5) is 0 Å². The van der Waals surface area contributed by atoms with Gasteiger partial charge in [0, 0.05) is 19.9 Å². The van der Waals surface area contributed by atoms with E-state index in [4.69, 9.17) is 14.2 Å². The summed E-state index contributed by atoms with van der Waals surface area (Å²) in [6, 6.07) is 38.5. The molecule has 6 rings (SSSR count). The molecule has 3 N–H and O–H groups in total. The zero-order valence-corrected chi connectivity index (χ0v) is 32.9. The molecular formula is C47H52N4O6. The fourth-order valence-corrected chi connectivity index (χ4v) is 6.96. The Hall–Kier alpha value is -5.97. The summed E-state index contributed by atoms with van der Waals surface area (Å²) < 4.78 is 18.7. The minimum Gasteiger partial charge on any atom is -0.489 e. The Balaban J connectivity index is 1.43. The quantitative estimate of drug-likeness (QED) is 0.0897. The van der Waals surface area contributed by atoms with Crippen molar-refractivity contribution in [1.29, 1.82) is 0 Å². The number of likely N-dealkylation sites (N-methyl/N-ethyl adjacent to an activating group) is 2. The van der Waals surface area contributed by atoms with E-state index in [-0.39, 0.29) is 24.8 Å². The molecule has 3 atom stereocenters. The largest absolute Gasteiger partial charge is 0.489 e. The third-order valence-corrected chi connectivity index (χ3v) is 10.3. The summed E-state index contributed by atoms with van der Waals surface area (Å²) in [7, 11) is 5.18. The number of hydrogen-bond acceptors (Lipinski definition) is 8. The Morgan fingerprint density at radius 1 is 0.702 bits per heavy atom. The van der Waals surface area contributed by atoms with Crippen LogP contribution in [-0.4, -0.2) is 68.5 Å². The van der Waals surface area contributed by atoms with Crippen molar-refractivity contribution in [3.05, 3.63) is 155 Å². The van der Waals surface area contributed by atoms with E-state index in [1.165, 1.54) is 4.90 Å². The number of ether oxygens (including phenoxy) is 3. The average Bonchev–Trinajstić information content (AvgIpc) is 3.25. The molecule has 5 aromatic carbocycles. The van der Waals surface area contributed by atoms with Crippen molar-refractivity contribution < 1.29 is 28.6 Å². The van der Waals surface area contributed by atoms with Crippen LogP contribution in [0.2, 0.25) is 0 Å². The van der Waals surface area contributed by atoms with Crippen LogP contribution >= 0.6 is 0 Å². The van der Waals surface area contributed by atoms with Crippen molar-refractivity contribution in [1.82, 2.24) is 20.9 Å². The fraction of sp³-hybridized carbons (Fsp3) is 0.298. The van der Waals surface area contributed by atoms with Crippen molar-refractivity contribution in [2.75, 3.05) is 27.7 Å². The summed E-state index contributed by atoms with van der Waals surface area (Å²) in [5.74, 6) is -0.0324. The molecule has 0 aromatic heterocycles. The molecule has 5 aromatic rings. The van der Waals surface area contributed by atoms with Crippen molar-refractivity contribution in [3.8, 4) is 22.6 Å². The summed E-state index contributed by atoms with van der Waals surface area (Å²) in [6.45, 7) is 1.36. The number of hydrogen-bond donors (Lipinski definition) is 3. The van der Waals surface area contributed by atoms with Crippen LogP contribution < -0.4 is 25.4 Å². The van der Waals surface area contributed by atoms with E-state index in [0.29, 0.717) is 50.5 Å². The number of nitrogens with zero attached hydrogens (tertiary/aromatic N) is 1. The van der Waals surface area contributed by atoms with Gasteiger partial charge >= 0.3 is 5.97 Å². The third-order valence-electron chi connectivity index (χ3n) is 10.3. The molecule has 296 valence electrons. The normalized spacial score (nSPS) is 17.2. The van der Waals surface area contributed by atoms with Gasteiger partial charge in [-0.15, -0.1) is 0 Å². The zero-order valence-electron chi connectivity index (χ0n) is 32.9. The van der Waals surface area contributed by atoms with Crippen LogP contribution in [0.5, 0.6) is 11.5 Å². The average molecular weight is 769 g/mol. The molecule has 0 saturated carbocycles. The fourth-order valence-electron chi connectivity index (χ4n) is 6.96. The highest BCUT2D eigenvalue weighted by molar-refractivity contribution is 5.92. The predicted molar refractivity (Wildman–Crippen MR) is 222 cm³/mol. The van der Waals surface area contributed by atoms with E-state index < -0.39 is 24.1 Å². The lowest BCUT2D eigenvalue weighted by molar-refractivity contribution is -0.156. The number of benzene rings is 5. The van der Waals surface area contributed by atoms with Crippen LogP contribution in [0, 0.1) is 0 Å². The molecule has 0 aliphatic carbocycles. The van der Waals surface area contributed by atoms with Crippen LogP contribution in [-0.2, 0) is 51.8 Å². The minimum atomic E-state index is -1.03. The molecule has 10 heteroatoms. The molecule has 1 aliphatic heterocycles. The van der Waals surface area contributed by atoms with Crippen molar-refractivity contribution >= 4 is 17.8 Å². The summed E-state index contributed by atoms with van der Waals surface area (Å²) in [5, 5.41) is 9.35. The van der Waals surface area contributed by atoms with Crippen LogP contribution in [0.3, 0.4) is 0 Å². The number of esters is 1. The number of fused-ring (bicyclic) bond motifs is 5. The second-order valence-corrected chi connectivity index (χ2v) is 14.3. The van der Waals surface area contributed by atoms with E-state index in [9.17, 15) is 14.4 Å². The molecule has 0 saturated heterocycles. The van der Waals surface area contributed by atoms with E-state index in [1.807, 2.05) is 128 Å². The van der Waals surface area contributed by atoms with E-state index in [0.717, 1.165) is 38.9 Å². The van der Waals surface area contributed by atoms with Crippen LogP contribution in [0.15, 0.2) is 127 Å². The van der Waals surface area contributed by atoms with Crippen molar-refractivity contribution in [3.63, 3.8) is 0 Å². The van der Waals surface area contributed by atoms with Crippen molar-refractivity contribution in [2.24, 2.45) is 0 Å². The third kappa shape index (κ3) is 11.1. The minimum absolute atomic E-state index is 0.0449. The zero-order chi connectivity index (χ0) is 40.0. The Morgan fingerprint density at radius 3 is 1.72 bits per heavy atom. The topological polar surface area (TPSA) is 118 Å². The van der Waals surface area contributed by atoms with Gasteiger partial charge in [0.25, 0.3) is 0 Å². The maximum Gasteiger partial charge on any atom is 0.329 e. The van der Waals surface area contributed by atoms with E-state index in [2.05, 4.69) is 22.0 Å². The molecular weight excluding hydrogens is 717 g/mol. The molecule has 0 spiro atoms. The highest BCUT2D eigenvalue weighted by Gasteiger charge is 2.35. The van der Waals surface area contributed by atoms with Gasteiger partial charge in [-0.25, -0.2) is 4.79 Å². The molecule has 4 bridgehead atoms. The number of rotatable bonds is 14. The molecule has 10 nitrogen and oxygen atoms in total. The smallest absolute Gasteiger partial charge is 0.329 e. The van der Waals surface area contributed by atoms with Gasteiger partial charge in [0.05, 0.1) is 6.04 Å². The standard InChI is InChI=1S/C47H52N4O6/c1-48-25-13-20-40-46(53)51(3)42(47(54)57-32-35-18-11-6-12-19-35)29-39-27-37(22-24-44(39)56-31-34-16-9-5-10-17-34)36-21-23-43(55-30-33-14-7-4-8-15-33)38(26-36)28-41(49-2)45(52)50-40/h4-12,14-19,21-24,26-27,40-42,48-49H,13,20,25,28-32H2,1-3H3,(H,50,52)/t40-,41-,42-/m0/s1. The summed E-state index contributed by atoms with van der Waals surface area (Å²) in [5.41, 5.74) is 6.18. The predicted octanol–water partition coefficient (Wildman–Crippen LogP) is 6.25. The molecule has 2 amide bonds. The lowest BCUT2D eigenvalue weighted by atomic mass is 9.95. The summed E-state index contributed by atoms with van der Waals surface area (Å²) in [6.07, 6.45) is 1.38. The molecule has 1 aliphatic rings. The molecule has 57 heavy (non-hydrogen) atoms. The highest BCUT2D eigenvalue weighted by atomic mass is 16.5.